The lowest BCUT2D eigenvalue weighted by Gasteiger charge is -2.19. The standard InChI is InChI=1S/C18H30N4O4.HI/c1-18(2,3)26-17(23)21-10-6-9-20-16(19)22-12-13-7-8-14(24-4)15(11-13)25-5;/h7-8,11H,6,9-10,12H2,1-5H3,(H,21,23)(H3,19,20,22);1H. The molecule has 0 aromatic heterocycles. The van der Waals surface area contributed by atoms with E-state index in [0.717, 1.165) is 5.56 Å². The smallest absolute Gasteiger partial charge is 0.407 e. The molecule has 0 aliphatic rings. The zero-order valence-electron chi connectivity index (χ0n) is 16.6. The summed E-state index contributed by atoms with van der Waals surface area (Å²) in [6.45, 7) is 6.98. The molecule has 0 heterocycles. The fourth-order valence-electron chi connectivity index (χ4n) is 2.02. The number of benzene rings is 1. The number of aliphatic imine (C=N–C) groups is 1. The fourth-order valence-corrected chi connectivity index (χ4v) is 2.02. The van der Waals surface area contributed by atoms with E-state index in [1.54, 1.807) is 14.2 Å². The average Bonchev–Trinajstić information content (AvgIpc) is 2.57. The predicted molar refractivity (Wildman–Crippen MR) is 117 cm³/mol. The number of halogens is 1. The van der Waals surface area contributed by atoms with Crippen LogP contribution < -0.4 is 25.8 Å². The first kappa shape index (κ1) is 25.1. The van der Waals surface area contributed by atoms with E-state index in [9.17, 15) is 4.79 Å². The van der Waals surface area contributed by atoms with E-state index in [2.05, 4.69) is 15.6 Å². The lowest BCUT2D eigenvalue weighted by Crippen LogP contribution is -2.36. The number of ether oxygens (including phenoxy) is 3. The Kier molecular flexibility index (Phi) is 11.6. The molecule has 0 spiro atoms. The van der Waals surface area contributed by atoms with Crippen molar-refractivity contribution < 1.29 is 19.0 Å². The van der Waals surface area contributed by atoms with Crippen LogP contribution in [-0.2, 0) is 11.3 Å². The third kappa shape index (κ3) is 10.7. The third-order valence-corrected chi connectivity index (χ3v) is 3.21. The van der Waals surface area contributed by atoms with Crippen molar-refractivity contribution in [2.45, 2.75) is 39.3 Å². The second-order valence-corrected chi connectivity index (χ2v) is 6.60. The molecule has 9 heteroatoms. The Balaban J connectivity index is 0.00000676. The Bertz CT molecular complexity index is 618. The minimum atomic E-state index is -0.496. The van der Waals surface area contributed by atoms with Crippen molar-refractivity contribution in [2.24, 2.45) is 10.7 Å². The van der Waals surface area contributed by atoms with Gasteiger partial charge in [-0.15, -0.1) is 24.0 Å². The first-order valence-electron chi connectivity index (χ1n) is 8.46. The monoisotopic (exact) mass is 494 g/mol. The molecule has 4 N–H and O–H groups in total. The maximum Gasteiger partial charge on any atom is 0.407 e. The first-order valence-corrected chi connectivity index (χ1v) is 8.46. The van der Waals surface area contributed by atoms with E-state index < -0.39 is 11.7 Å². The molecule has 0 unspecified atom stereocenters. The summed E-state index contributed by atoms with van der Waals surface area (Å²) >= 11 is 0. The minimum Gasteiger partial charge on any atom is -0.493 e. The van der Waals surface area contributed by atoms with Gasteiger partial charge in [-0.3, -0.25) is 0 Å². The van der Waals surface area contributed by atoms with Crippen LogP contribution in [0.1, 0.15) is 32.8 Å². The van der Waals surface area contributed by atoms with E-state index in [0.29, 0.717) is 43.5 Å². The highest BCUT2D eigenvalue weighted by atomic mass is 127. The molecule has 154 valence electrons. The summed E-state index contributed by atoms with van der Waals surface area (Å²) in [6.07, 6.45) is 0.277. The molecule has 1 aromatic carbocycles. The van der Waals surface area contributed by atoms with E-state index in [1.165, 1.54) is 0 Å². The van der Waals surface area contributed by atoms with Gasteiger partial charge in [0.25, 0.3) is 0 Å². The molecule has 0 saturated carbocycles. The zero-order valence-corrected chi connectivity index (χ0v) is 19.0. The number of rotatable bonds is 8. The Morgan fingerprint density at radius 3 is 2.33 bits per heavy atom. The summed E-state index contributed by atoms with van der Waals surface area (Å²) in [5.41, 5.74) is 6.31. The van der Waals surface area contributed by atoms with Crippen LogP contribution in [0.25, 0.3) is 0 Å². The van der Waals surface area contributed by atoms with Gasteiger partial charge in [0.2, 0.25) is 0 Å². The molecule has 0 aliphatic carbocycles. The molecule has 0 aliphatic heterocycles. The van der Waals surface area contributed by atoms with Crippen LogP contribution in [0.15, 0.2) is 23.2 Å². The number of amides is 1. The molecule has 0 radical (unpaired) electrons. The van der Waals surface area contributed by atoms with Crippen molar-refractivity contribution in [1.82, 2.24) is 10.6 Å². The first-order chi connectivity index (χ1) is 12.2. The van der Waals surface area contributed by atoms with Crippen molar-refractivity contribution in [1.29, 1.82) is 0 Å². The van der Waals surface area contributed by atoms with Crippen LogP contribution in [0.5, 0.6) is 11.5 Å². The van der Waals surface area contributed by atoms with Crippen molar-refractivity contribution in [3.05, 3.63) is 23.8 Å². The van der Waals surface area contributed by atoms with Crippen molar-refractivity contribution in [3.8, 4) is 11.5 Å². The van der Waals surface area contributed by atoms with Gasteiger partial charge in [0.15, 0.2) is 17.5 Å². The molecule has 0 fully saturated rings. The lowest BCUT2D eigenvalue weighted by molar-refractivity contribution is 0.0527. The van der Waals surface area contributed by atoms with Gasteiger partial charge >= 0.3 is 6.09 Å². The Labute approximate surface area is 178 Å². The van der Waals surface area contributed by atoms with Crippen LogP contribution in [0.2, 0.25) is 0 Å². The van der Waals surface area contributed by atoms with Crippen LogP contribution in [0.3, 0.4) is 0 Å². The van der Waals surface area contributed by atoms with Crippen LogP contribution in [0.4, 0.5) is 4.79 Å². The molecular weight excluding hydrogens is 463 g/mol. The van der Waals surface area contributed by atoms with Gasteiger partial charge in [0, 0.05) is 13.1 Å². The molecule has 1 amide bonds. The highest BCUT2D eigenvalue weighted by molar-refractivity contribution is 14.0. The number of hydrogen-bond acceptors (Lipinski definition) is 5. The molecule has 1 rings (SSSR count). The molecule has 1 aromatic rings. The maximum atomic E-state index is 11.5. The summed E-state index contributed by atoms with van der Waals surface area (Å²) in [5, 5.41) is 5.69. The number of guanidine groups is 1. The fraction of sp³-hybridized carbons (Fsp3) is 0.556. The average molecular weight is 494 g/mol. The number of methoxy groups -OCH3 is 2. The Morgan fingerprint density at radius 2 is 1.74 bits per heavy atom. The SMILES string of the molecule is COc1ccc(CN=C(N)NCCCNC(=O)OC(C)(C)C)cc1OC.I. The number of hydrogen-bond donors (Lipinski definition) is 3. The number of alkyl carbamates (subject to hydrolysis) is 1. The van der Waals surface area contributed by atoms with E-state index in [-0.39, 0.29) is 24.0 Å². The van der Waals surface area contributed by atoms with Crippen molar-refractivity contribution in [2.75, 3.05) is 27.3 Å². The van der Waals surface area contributed by atoms with Crippen LogP contribution in [-0.4, -0.2) is 45.0 Å². The summed E-state index contributed by atoms with van der Waals surface area (Å²) < 4.78 is 15.6. The zero-order chi connectivity index (χ0) is 19.6. The minimum absolute atomic E-state index is 0. The van der Waals surface area contributed by atoms with Gasteiger partial charge in [0.1, 0.15) is 5.60 Å². The van der Waals surface area contributed by atoms with Gasteiger partial charge in [-0.2, -0.15) is 0 Å². The number of carbonyl (C=O) groups is 1. The number of nitrogens with zero attached hydrogens (tertiary/aromatic N) is 1. The maximum absolute atomic E-state index is 11.5. The van der Waals surface area contributed by atoms with Gasteiger partial charge in [-0.05, 0) is 44.9 Å². The molecular formula is C18H31IN4O4. The number of carbonyl (C=O) groups excluding carboxylic acids is 1. The highest BCUT2D eigenvalue weighted by Crippen LogP contribution is 2.27. The van der Waals surface area contributed by atoms with E-state index in [4.69, 9.17) is 19.9 Å². The second-order valence-electron chi connectivity index (χ2n) is 6.60. The largest absolute Gasteiger partial charge is 0.493 e. The van der Waals surface area contributed by atoms with Crippen molar-refractivity contribution in [3.63, 3.8) is 0 Å². The van der Waals surface area contributed by atoms with Gasteiger partial charge in [0.05, 0.1) is 20.8 Å². The van der Waals surface area contributed by atoms with Crippen LogP contribution in [0, 0.1) is 0 Å². The number of nitrogens with two attached hydrogens (primary N) is 1. The number of nitrogens with one attached hydrogen (secondary N) is 2. The molecule has 0 atom stereocenters. The topological polar surface area (TPSA) is 107 Å². The lowest BCUT2D eigenvalue weighted by atomic mass is 10.2. The van der Waals surface area contributed by atoms with Gasteiger partial charge in [-0.1, -0.05) is 6.07 Å². The summed E-state index contributed by atoms with van der Waals surface area (Å²) in [7, 11) is 3.18. The Morgan fingerprint density at radius 1 is 1.11 bits per heavy atom. The quantitative estimate of drug-likeness (QED) is 0.222. The summed E-state index contributed by atoms with van der Waals surface area (Å²) in [4.78, 5) is 15.8. The molecule has 0 saturated heterocycles. The van der Waals surface area contributed by atoms with Gasteiger partial charge < -0.3 is 30.6 Å². The molecule has 0 bridgehead atoms. The van der Waals surface area contributed by atoms with E-state index >= 15 is 0 Å². The normalized spacial score (nSPS) is 11.2. The third-order valence-electron chi connectivity index (χ3n) is 3.21. The van der Waals surface area contributed by atoms with Gasteiger partial charge in [-0.25, -0.2) is 9.79 Å². The Hall–Kier alpha value is -1.91. The molecule has 27 heavy (non-hydrogen) atoms. The predicted octanol–water partition coefficient (Wildman–Crippen LogP) is 2.64. The summed E-state index contributed by atoms with van der Waals surface area (Å²) in [6, 6.07) is 5.60. The second kappa shape index (κ2) is 12.5. The molecule has 8 nitrogen and oxygen atoms in total. The highest BCUT2D eigenvalue weighted by Gasteiger charge is 2.15. The summed E-state index contributed by atoms with van der Waals surface area (Å²) in [5.74, 6) is 1.67. The van der Waals surface area contributed by atoms with Crippen molar-refractivity contribution >= 4 is 36.0 Å². The van der Waals surface area contributed by atoms with Crippen LogP contribution >= 0.6 is 24.0 Å². The van der Waals surface area contributed by atoms with E-state index in [1.807, 2.05) is 39.0 Å².